The maximum Gasteiger partial charge on any atom is 0.253 e. The van der Waals surface area contributed by atoms with Gasteiger partial charge in [-0.2, -0.15) is 0 Å². The minimum absolute atomic E-state index is 0.00298. The van der Waals surface area contributed by atoms with Gasteiger partial charge in [0.1, 0.15) is 6.04 Å². The average Bonchev–Trinajstić information content (AvgIpc) is 3.61. The van der Waals surface area contributed by atoms with E-state index >= 15 is 0 Å². The molecule has 1 heterocycles. The Morgan fingerprint density at radius 3 is 1.35 bits per heavy atom. The Morgan fingerprint density at radius 1 is 0.530 bits per heavy atom. The fraction of sp³-hybridized carbons (Fsp3) is 0.852. The zero-order valence-corrected chi connectivity index (χ0v) is 43.2. The number of carbonyl (C=O) groups is 6. The summed E-state index contributed by atoms with van der Waals surface area (Å²) >= 11 is 0. The summed E-state index contributed by atoms with van der Waals surface area (Å²) in [7, 11) is 0. The predicted molar refractivity (Wildman–Crippen MR) is 270 cm³/mol. The zero-order chi connectivity index (χ0) is 48.7. The van der Waals surface area contributed by atoms with E-state index in [2.05, 4.69) is 35.1 Å². The van der Waals surface area contributed by atoms with Crippen molar-refractivity contribution in [3.63, 3.8) is 0 Å². The lowest BCUT2D eigenvalue weighted by Gasteiger charge is -2.32. The van der Waals surface area contributed by atoms with Gasteiger partial charge in [-0.3, -0.25) is 33.7 Å². The number of unbranched alkanes of at least 4 members (excludes halogenated alkanes) is 26. The van der Waals surface area contributed by atoms with Gasteiger partial charge in [-0.1, -0.05) is 181 Å². The van der Waals surface area contributed by atoms with Crippen LogP contribution in [0.25, 0.3) is 0 Å². The maximum atomic E-state index is 13.7. The summed E-state index contributed by atoms with van der Waals surface area (Å²) in [6.45, 7) is 13.3. The lowest BCUT2D eigenvalue weighted by molar-refractivity contribution is -0.140. The molecule has 0 saturated heterocycles. The van der Waals surface area contributed by atoms with Crippen LogP contribution in [0.2, 0.25) is 0 Å². The molecule has 0 bridgehead atoms. The van der Waals surface area contributed by atoms with Crippen LogP contribution < -0.4 is 21.3 Å². The first kappa shape index (κ1) is 60.7. The highest BCUT2D eigenvalue weighted by Gasteiger charge is 2.34. The first-order valence-electron chi connectivity index (χ1n) is 27.0. The maximum absolute atomic E-state index is 13.7. The Kier molecular flexibility index (Phi) is 35.6. The molecule has 0 unspecified atom stereocenters. The number of hydrogen-bond donors (Lipinski definition) is 4. The molecule has 0 saturated carbocycles. The number of ether oxygens (including phenoxy) is 1. The fourth-order valence-corrected chi connectivity index (χ4v) is 8.16. The van der Waals surface area contributed by atoms with E-state index in [1.807, 2.05) is 13.8 Å². The number of imide groups is 1. The van der Waals surface area contributed by atoms with Gasteiger partial charge in [-0.25, -0.2) is 0 Å². The van der Waals surface area contributed by atoms with E-state index in [9.17, 15) is 28.8 Å². The van der Waals surface area contributed by atoms with Crippen molar-refractivity contribution in [1.29, 1.82) is 0 Å². The monoisotopic (exact) mass is 930 g/mol. The summed E-state index contributed by atoms with van der Waals surface area (Å²) < 4.78 is 6.20. The van der Waals surface area contributed by atoms with Gasteiger partial charge < -0.3 is 26.0 Å². The first-order valence-corrected chi connectivity index (χ1v) is 27.0. The first-order chi connectivity index (χ1) is 31.7. The average molecular weight is 930 g/mol. The van der Waals surface area contributed by atoms with Crippen molar-refractivity contribution in [2.45, 2.75) is 259 Å². The van der Waals surface area contributed by atoms with Crippen molar-refractivity contribution >= 4 is 35.4 Å². The molecule has 0 fully saturated rings. The van der Waals surface area contributed by atoms with Crippen molar-refractivity contribution in [1.82, 2.24) is 26.2 Å². The van der Waals surface area contributed by atoms with E-state index in [1.54, 1.807) is 13.8 Å². The third-order valence-electron chi connectivity index (χ3n) is 12.9. The number of carbonyl (C=O) groups excluding carboxylic acids is 6. The summed E-state index contributed by atoms with van der Waals surface area (Å²) in [5.74, 6) is -1.85. The van der Waals surface area contributed by atoms with Gasteiger partial charge in [0.05, 0.1) is 17.6 Å². The van der Waals surface area contributed by atoms with Gasteiger partial charge in [-0.05, 0) is 53.4 Å². The molecule has 1 aliphatic rings. The van der Waals surface area contributed by atoms with E-state index in [0.717, 1.165) is 37.0 Å². The highest BCUT2D eigenvalue weighted by atomic mass is 16.5. The lowest BCUT2D eigenvalue weighted by Crippen LogP contribution is -2.52. The molecule has 6 amide bonds. The molecule has 0 aromatic carbocycles. The van der Waals surface area contributed by atoms with Gasteiger partial charge in [0.15, 0.2) is 0 Å². The summed E-state index contributed by atoms with van der Waals surface area (Å²) in [6.07, 6.45) is 38.7. The number of amides is 6. The van der Waals surface area contributed by atoms with E-state index in [4.69, 9.17) is 4.74 Å². The second-order valence-corrected chi connectivity index (χ2v) is 20.3. The van der Waals surface area contributed by atoms with Gasteiger partial charge in [0.25, 0.3) is 11.8 Å². The van der Waals surface area contributed by atoms with E-state index < -0.39 is 28.9 Å². The van der Waals surface area contributed by atoms with Crippen LogP contribution in [-0.4, -0.2) is 84.8 Å². The minimum atomic E-state index is -0.993. The molecule has 0 aromatic rings. The van der Waals surface area contributed by atoms with Crippen LogP contribution in [0.5, 0.6) is 0 Å². The van der Waals surface area contributed by atoms with E-state index in [0.29, 0.717) is 26.1 Å². The van der Waals surface area contributed by atoms with Gasteiger partial charge in [-0.15, -0.1) is 0 Å². The van der Waals surface area contributed by atoms with Crippen molar-refractivity contribution in [3.8, 4) is 0 Å². The molecule has 1 atom stereocenters. The Labute approximate surface area is 402 Å². The molecule has 0 aliphatic carbocycles. The molecule has 66 heavy (non-hydrogen) atoms. The molecule has 382 valence electrons. The van der Waals surface area contributed by atoms with Gasteiger partial charge in [0.2, 0.25) is 23.6 Å². The Bertz CT molecular complexity index is 1350. The third-order valence-corrected chi connectivity index (χ3v) is 12.9. The third kappa shape index (κ3) is 32.4. The Morgan fingerprint density at radius 2 is 0.909 bits per heavy atom. The molecule has 0 spiro atoms. The Balaban J connectivity index is 2.52. The zero-order valence-electron chi connectivity index (χ0n) is 43.2. The molecular formula is C54H99N5O7. The van der Waals surface area contributed by atoms with Crippen molar-refractivity contribution < 1.29 is 33.5 Å². The highest BCUT2D eigenvalue weighted by Crippen LogP contribution is 2.23. The summed E-state index contributed by atoms with van der Waals surface area (Å²) in [4.78, 5) is 77.1. The molecule has 12 nitrogen and oxygen atoms in total. The standard InChI is InChI=1S/C54H99N5O7/c1-7-9-11-13-15-17-19-21-23-25-27-29-31-33-41-55-47(60)36-35-46(51(64)57-42-34-32-30-28-26-24-22-20-18-16-14-12-10-8-2)58-52(65)53(3,4)45-66-54(5,6)40-43-56-48(61)39-44-59-49(62)37-38-50(59)63/h37-38,46H,7-36,39-45H2,1-6H3,(H,55,60)(H,56,61)(H,57,64)(H,58,65)/t46-/m0/s1. The van der Waals surface area contributed by atoms with Crippen molar-refractivity contribution in [3.05, 3.63) is 12.2 Å². The highest BCUT2D eigenvalue weighted by molar-refractivity contribution is 6.13. The summed E-state index contributed by atoms with van der Waals surface area (Å²) in [5.41, 5.74) is -1.68. The SMILES string of the molecule is CCCCCCCCCCCCCCCCNC(=O)CC[C@H](NC(=O)C(C)(C)COC(C)(C)CCNC(=O)CCN1C(=O)C=CC1=O)C(=O)NCCCCCCCCCCCCCCCC. The van der Waals surface area contributed by atoms with Crippen LogP contribution in [0.4, 0.5) is 0 Å². The lowest BCUT2D eigenvalue weighted by atomic mass is 9.92. The van der Waals surface area contributed by atoms with Crippen LogP contribution in [-0.2, 0) is 33.5 Å². The predicted octanol–water partition coefficient (Wildman–Crippen LogP) is 11.1. The summed E-state index contributed by atoms with van der Waals surface area (Å²) in [6, 6.07) is -0.861. The van der Waals surface area contributed by atoms with Crippen LogP contribution >= 0.6 is 0 Å². The Hall–Kier alpha value is -3.28. The van der Waals surface area contributed by atoms with E-state index in [-0.39, 0.29) is 56.0 Å². The van der Waals surface area contributed by atoms with Gasteiger partial charge >= 0.3 is 0 Å². The second-order valence-electron chi connectivity index (χ2n) is 20.3. The summed E-state index contributed by atoms with van der Waals surface area (Å²) in [5, 5.41) is 11.8. The molecule has 1 aliphatic heterocycles. The number of rotatable bonds is 45. The smallest absolute Gasteiger partial charge is 0.253 e. The number of nitrogens with zero attached hydrogens (tertiary/aromatic N) is 1. The second kappa shape index (κ2) is 38.7. The van der Waals surface area contributed by atoms with Crippen LogP contribution in [0.1, 0.15) is 247 Å². The molecule has 1 rings (SSSR count). The molecule has 0 radical (unpaired) electrons. The molecule has 4 N–H and O–H groups in total. The van der Waals surface area contributed by atoms with Crippen LogP contribution in [0, 0.1) is 5.41 Å². The number of hydrogen-bond acceptors (Lipinski definition) is 7. The van der Waals surface area contributed by atoms with Crippen molar-refractivity contribution in [2.75, 3.05) is 32.8 Å². The minimum Gasteiger partial charge on any atom is -0.374 e. The number of nitrogens with one attached hydrogen (secondary N) is 4. The normalized spacial score (nSPS) is 13.3. The quantitative estimate of drug-likeness (QED) is 0.0349. The molecule has 12 heteroatoms. The van der Waals surface area contributed by atoms with Crippen molar-refractivity contribution in [2.24, 2.45) is 5.41 Å². The topological polar surface area (TPSA) is 163 Å². The van der Waals surface area contributed by atoms with Gasteiger partial charge in [0, 0.05) is 51.2 Å². The largest absolute Gasteiger partial charge is 0.374 e. The molecular weight excluding hydrogens is 831 g/mol. The molecule has 0 aromatic heterocycles. The van der Waals surface area contributed by atoms with Crippen LogP contribution in [0.15, 0.2) is 12.2 Å². The fourth-order valence-electron chi connectivity index (χ4n) is 8.16. The van der Waals surface area contributed by atoms with E-state index in [1.165, 1.54) is 160 Å². The van der Waals surface area contributed by atoms with Crippen LogP contribution in [0.3, 0.4) is 0 Å².